The van der Waals surface area contributed by atoms with Crippen molar-refractivity contribution in [3.63, 3.8) is 0 Å². The molecule has 0 aliphatic carbocycles. The van der Waals surface area contributed by atoms with Crippen molar-refractivity contribution in [3.05, 3.63) is 34.9 Å². The number of methoxy groups -OCH3 is 2. The van der Waals surface area contributed by atoms with Gasteiger partial charge in [-0.1, -0.05) is 11.6 Å². The van der Waals surface area contributed by atoms with Crippen LogP contribution < -0.4 is 34.3 Å². The lowest BCUT2D eigenvalue weighted by molar-refractivity contribution is 0.0976. The van der Waals surface area contributed by atoms with Gasteiger partial charge in [0, 0.05) is 17.7 Å². The van der Waals surface area contributed by atoms with Gasteiger partial charge in [0.25, 0.3) is 5.91 Å². The van der Waals surface area contributed by atoms with E-state index in [1.807, 2.05) is 20.8 Å². The summed E-state index contributed by atoms with van der Waals surface area (Å²) >= 11 is 11.4. The smallest absolute Gasteiger partial charge is 0.257 e. The fourth-order valence-electron chi connectivity index (χ4n) is 2.81. The first-order valence-corrected chi connectivity index (χ1v) is 10.8. The van der Waals surface area contributed by atoms with Gasteiger partial charge in [0.15, 0.2) is 16.6 Å². The Bertz CT molecular complexity index is 943. The molecular weight excluding hydrogens is 456 g/mol. The van der Waals surface area contributed by atoms with Crippen LogP contribution in [0.1, 0.15) is 31.1 Å². The van der Waals surface area contributed by atoms with Gasteiger partial charge in [-0.25, -0.2) is 0 Å². The lowest BCUT2D eigenvalue weighted by Crippen LogP contribution is -2.34. The predicted octanol–water partition coefficient (Wildman–Crippen LogP) is 4.68. The summed E-state index contributed by atoms with van der Waals surface area (Å²) in [5.74, 6) is 1.68. The lowest BCUT2D eigenvalue weighted by atomic mass is 10.1. The number of carbonyl (C=O) groups excluding carboxylic acids is 1. The molecule has 32 heavy (non-hydrogen) atoms. The zero-order chi connectivity index (χ0) is 23.7. The molecule has 0 saturated heterocycles. The lowest BCUT2D eigenvalue weighted by Gasteiger charge is -2.18. The van der Waals surface area contributed by atoms with Gasteiger partial charge in [0.05, 0.1) is 44.8 Å². The number of rotatable bonds is 10. The third kappa shape index (κ3) is 6.30. The summed E-state index contributed by atoms with van der Waals surface area (Å²) < 4.78 is 27.5. The highest BCUT2D eigenvalue weighted by molar-refractivity contribution is 7.80. The predicted molar refractivity (Wildman–Crippen MR) is 128 cm³/mol. The zero-order valence-corrected chi connectivity index (χ0v) is 20.2. The SMILES string of the molecule is CCOc1cc(C(=O)NC(=S)Nc2cc(OC)c(Cl)cc2OC)cc(OCC)c1OCC. The Morgan fingerprint density at radius 2 is 1.44 bits per heavy atom. The van der Waals surface area contributed by atoms with Crippen molar-refractivity contribution in [1.82, 2.24) is 5.32 Å². The van der Waals surface area contributed by atoms with E-state index in [-0.39, 0.29) is 5.11 Å². The largest absolute Gasteiger partial charge is 0.495 e. The number of nitrogens with one attached hydrogen (secondary N) is 2. The van der Waals surface area contributed by atoms with Gasteiger partial charge in [-0.05, 0) is 45.1 Å². The molecule has 0 aliphatic heterocycles. The highest BCUT2D eigenvalue weighted by Crippen LogP contribution is 2.39. The van der Waals surface area contributed by atoms with Crippen LogP contribution in [-0.2, 0) is 0 Å². The van der Waals surface area contributed by atoms with Crippen LogP contribution in [0.2, 0.25) is 5.02 Å². The second-order valence-corrected chi connectivity index (χ2v) is 7.01. The third-order valence-electron chi connectivity index (χ3n) is 4.12. The highest BCUT2D eigenvalue weighted by Gasteiger charge is 2.19. The van der Waals surface area contributed by atoms with Crippen LogP contribution in [-0.4, -0.2) is 45.1 Å². The number of anilines is 1. The van der Waals surface area contributed by atoms with Crippen molar-refractivity contribution in [2.24, 2.45) is 0 Å². The molecule has 0 spiro atoms. The summed E-state index contributed by atoms with van der Waals surface area (Å²) in [6.07, 6.45) is 0. The number of hydrogen-bond acceptors (Lipinski definition) is 7. The van der Waals surface area contributed by atoms with E-state index in [0.29, 0.717) is 64.8 Å². The van der Waals surface area contributed by atoms with Crippen LogP contribution in [0.25, 0.3) is 0 Å². The van der Waals surface area contributed by atoms with Gasteiger partial charge in [-0.15, -0.1) is 0 Å². The molecule has 2 aromatic carbocycles. The van der Waals surface area contributed by atoms with Crippen molar-refractivity contribution in [1.29, 1.82) is 0 Å². The summed E-state index contributed by atoms with van der Waals surface area (Å²) in [6.45, 7) is 6.76. The number of amides is 1. The van der Waals surface area contributed by atoms with Crippen molar-refractivity contribution in [2.75, 3.05) is 39.4 Å². The minimum atomic E-state index is -0.452. The Morgan fingerprint density at radius 3 is 1.94 bits per heavy atom. The third-order valence-corrected chi connectivity index (χ3v) is 4.62. The topological polar surface area (TPSA) is 87.3 Å². The molecule has 174 valence electrons. The molecule has 0 atom stereocenters. The molecule has 2 aromatic rings. The average molecular weight is 483 g/mol. The summed E-state index contributed by atoms with van der Waals surface area (Å²) in [7, 11) is 2.99. The monoisotopic (exact) mass is 482 g/mol. The molecule has 2 rings (SSSR count). The molecule has 8 nitrogen and oxygen atoms in total. The Hall–Kier alpha value is -2.91. The number of ether oxygens (including phenoxy) is 5. The Kier molecular flexibility index (Phi) is 9.67. The molecule has 0 radical (unpaired) electrons. The van der Waals surface area contributed by atoms with Gasteiger partial charge in [0.1, 0.15) is 11.5 Å². The minimum absolute atomic E-state index is 0.0579. The molecule has 0 bridgehead atoms. The van der Waals surface area contributed by atoms with Crippen molar-refractivity contribution in [2.45, 2.75) is 20.8 Å². The van der Waals surface area contributed by atoms with E-state index in [4.69, 9.17) is 47.5 Å². The van der Waals surface area contributed by atoms with Gasteiger partial charge in [-0.3, -0.25) is 10.1 Å². The van der Waals surface area contributed by atoms with Gasteiger partial charge >= 0.3 is 0 Å². The van der Waals surface area contributed by atoms with Crippen LogP contribution >= 0.6 is 23.8 Å². The van der Waals surface area contributed by atoms with Crippen LogP contribution in [0.4, 0.5) is 5.69 Å². The molecule has 0 saturated carbocycles. The summed E-state index contributed by atoms with van der Waals surface area (Å²) in [5.41, 5.74) is 0.779. The number of halogens is 1. The second kappa shape index (κ2) is 12.2. The Morgan fingerprint density at radius 1 is 0.875 bits per heavy atom. The maximum atomic E-state index is 12.9. The van der Waals surface area contributed by atoms with E-state index in [2.05, 4.69) is 10.6 Å². The van der Waals surface area contributed by atoms with E-state index in [1.165, 1.54) is 14.2 Å². The Balaban J connectivity index is 2.27. The molecular formula is C22H27ClN2O6S. The zero-order valence-electron chi connectivity index (χ0n) is 18.7. The van der Waals surface area contributed by atoms with E-state index in [1.54, 1.807) is 24.3 Å². The van der Waals surface area contributed by atoms with Gasteiger partial charge < -0.3 is 29.0 Å². The van der Waals surface area contributed by atoms with Crippen LogP contribution in [0, 0.1) is 0 Å². The normalized spacial score (nSPS) is 10.2. The van der Waals surface area contributed by atoms with Crippen molar-refractivity contribution < 1.29 is 28.5 Å². The standard InChI is InChI=1S/C22H27ClN2O6S/c1-6-29-18-9-13(10-19(30-7-2)20(18)31-8-3)21(26)25-22(32)24-15-12-16(27-4)14(23)11-17(15)28-5/h9-12H,6-8H2,1-5H3,(H2,24,25,26,32). The molecule has 0 unspecified atom stereocenters. The van der Waals surface area contributed by atoms with E-state index in [9.17, 15) is 4.79 Å². The first-order valence-electron chi connectivity index (χ1n) is 9.98. The molecule has 10 heteroatoms. The number of carbonyl (C=O) groups is 1. The number of hydrogen-bond donors (Lipinski definition) is 2. The number of thiocarbonyl (C=S) groups is 1. The van der Waals surface area contributed by atoms with E-state index < -0.39 is 5.91 Å². The van der Waals surface area contributed by atoms with Crippen LogP contribution in [0.3, 0.4) is 0 Å². The van der Waals surface area contributed by atoms with Crippen molar-refractivity contribution in [3.8, 4) is 28.7 Å². The van der Waals surface area contributed by atoms with Gasteiger partial charge in [-0.2, -0.15) is 0 Å². The summed E-state index contributed by atoms with van der Waals surface area (Å²) in [6, 6.07) is 6.38. The van der Waals surface area contributed by atoms with Gasteiger partial charge in [0.2, 0.25) is 5.75 Å². The minimum Gasteiger partial charge on any atom is -0.495 e. The fraction of sp³-hybridized carbons (Fsp3) is 0.364. The van der Waals surface area contributed by atoms with Crippen LogP contribution in [0.5, 0.6) is 28.7 Å². The first kappa shape index (κ1) is 25.4. The maximum Gasteiger partial charge on any atom is 0.257 e. The fourth-order valence-corrected chi connectivity index (χ4v) is 3.24. The summed E-state index contributed by atoms with van der Waals surface area (Å²) in [5, 5.41) is 6.00. The number of benzene rings is 2. The molecule has 2 N–H and O–H groups in total. The average Bonchev–Trinajstić information content (AvgIpc) is 2.76. The van der Waals surface area contributed by atoms with Crippen molar-refractivity contribution >= 4 is 40.5 Å². The molecule has 0 aromatic heterocycles. The maximum absolute atomic E-state index is 12.9. The van der Waals surface area contributed by atoms with E-state index >= 15 is 0 Å². The second-order valence-electron chi connectivity index (χ2n) is 6.20. The first-order chi connectivity index (χ1) is 15.4. The quantitative estimate of drug-likeness (QED) is 0.472. The van der Waals surface area contributed by atoms with Crippen LogP contribution in [0.15, 0.2) is 24.3 Å². The highest BCUT2D eigenvalue weighted by atomic mass is 35.5. The molecule has 0 heterocycles. The Labute approximate surface area is 198 Å². The molecule has 0 fully saturated rings. The summed E-state index contributed by atoms with van der Waals surface area (Å²) in [4.78, 5) is 12.9. The molecule has 0 aliphatic rings. The molecule has 1 amide bonds. The van der Waals surface area contributed by atoms with E-state index in [0.717, 1.165) is 0 Å².